The maximum absolute atomic E-state index is 13.5. The van der Waals surface area contributed by atoms with Gasteiger partial charge >= 0.3 is 0 Å². The van der Waals surface area contributed by atoms with Gasteiger partial charge in [0.15, 0.2) is 5.76 Å². The number of benzene rings is 2. The second-order valence-electron chi connectivity index (χ2n) is 10.4. The van der Waals surface area contributed by atoms with Crippen LogP contribution in [0, 0.1) is 0 Å². The lowest BCUT2D eigenvalue weighted by Crippen LogP contribution is -2.48. The Morgan fingerprint density at radius 3 is 2.55 bits per heavy atom. The number of nitrogens with zero attached hydrogens (tertiary/aromatic N) is 3. The molecule has 0 bridgehead atoms. The molecule has 0 spiro atoms. The summed E-state index contributed by atoms with van der Waals surface area (Å²) in [6.45, 7) is 2.43. The molecule has 10 nitrogen and oxygen atoms in total. The fourth-order valence-electron chi connectivity index (χ4n) is 5.22. The van der Waals surface area contributed by atoms with Crippen molar-refractivity contribution in [3.05, 3.63) is 71.3 Å². The van der Waals surface area contributed by atoms with Gasteiger partial charge in [-0.15, -0.1) is 11.3 Å². The molecule has 1 amide bonds. The van der Waals surface area contributed by atoms with Crippen LogP contribution >= 0.6 is 11.3 Å². The summed E-state index contributed by atoms with van der Waals surface area (Å²) in [6.07, 6.45) is 1.64. The number of aliphatic hydroxyl groups is 1. The fourth-order valence-corrected chi connectivity index (χ4v) is 7.67. The molecule has 2 aromatic carbocycles. The number of rotatable bonds is 11. The number of hydrogen-bond donors (Lipinski definition) is 1. The average Bonchev–Trinajstić information content (AvgIpc) is 3.45. The summed E-state index contributed by atoms with van der Waals surface area (Å²) < 4.78 is 46.3. The molecule has 12 heteroatoms. The van der Waals surface area contributed by atoms with Crippen molar-refractivity contribution < 1.29 is 32.5 Å². The molecule has 1 saturated heterocycles. The number of methoxy groups -OCH3 is 1. The van der Waals surface area contributed by atoms with E-state index < -0.39 is 16.3 Å². The van der Waals surface area contributed by atoms with Gasteiger partial charge in [0, 0.05) is 56.3 Å². The minimum absolute atomic E-state index is 0.00623. The number of ether oxygens (including phenoxy) is 3. The van der Waals surface area contributed by atoms with Crippen molar-refractivity contribution in [3.63, 3.8) is 0 Å². The highest BCUT2D eigenvalue weighted by molar-refractivity contribution is 7.89. The van der Waals surface area contributed by atoms with E-state index in [1.807, 2.05) is 25.3 Å². The smallest absolute Gasteiger partial charge is 0.288 e. The minimum Gasteiger partial charge on any atom is -0.497 e. The van der Waals surface area contributed by atoms with E-state index in [1.165, 1.54) is 28.2 Å². The van der Waals surface area contributed by atoms with Crippen molar-refractivity contribution in [2.24, 2.45) is 0 Å². The monoisotopic (exact) mass is 615 g/mol. The number of likely N-dealkylation sites (N-methyl/N-ethyl adjacent to an activating group) is 1. The Morgan fingerprint density at radius 1 is 1.10 bits per heavy atom. The van der Waals surface area contributed by atoms with Crippen molar-refractivity contribution in [3.8, 4) is 5.75 Å². The molecule has 226 valence electrons. The van der Waals surface area contributed by atoms with Crippen LogP contribution in [-0.2, 0) is 24.3 Å². The molecule has 3 heterocycles. The van der Waals surface area contributed by atoms with Gasteiger partial charge in [-0.3, -0.25) is 4.79 Å². The summed E-state index contributed by atoms with van der Waals surface area (Å²) in [5.74, 6) is 0.533. The van der Waals surface area contributed by atoms with Gasteiger partial charge in [-0.1, -0.05) is 18.2 Å². The second-order valence-corrected chi connectivity index (χ2v) is 13.2. The molecule has 3 aromatic rings. The largest absolute Gasteiger partial charge is 0.497 e. The number of allylic oxidation sites excluding steroid dienone is 1. The number of piperazine rings is 1. The summed E-state index contributed by atoms with van der Waals surface area (Å²) in [7, 11) is -0.335. The lowest BCUT2D eigenvalue weighted by Gasteiger charge is -2.35. The van der Waals surface area contributed by atoms with Crippen LogP contribution in [0.4, 0.5) is 0 Å². The summed E-state index contributed by atoms with van der Waals surface area (Å²) in [6, 6.07) is 14.3. The van der Waals surface area contributed by atoms with E-state index in [4.69, 9.17) is 14.2 Å². The number of fused-ring (bicyclic) bond motifs is 1. The molecular formula is C30H37N3O7S2. The van der Waals surface area contributed by atoms with Crippen LogP contribution in [-0.4, -0.2) is 106 Å². The van der Waals surface area contributed by atoms with Crippen molar-refractivity contribution in [1.82, 2.24) is 14.1 Å². The predicted octanol–water partition coefficient (Wildman–Crippen LogP) is 3.10. The molecule has 0 radical (unpaired) electrons. The number of sulfonamides is 1. The van der Waals surface area contributed by atoms with E-state index in [0.29, 0.717) is 25.3 Å². The fraction of sp³-hybridized carbons (Fsp3) is 0.433. The van der Waals surface area contributed by atoms with E-state index in [1.54, 1.807) is 28.4 Å². The molecule has 1 N–H and O–H groups in total. The van der Waals surface area contributed by atoms with Crippen LogP contribution in [0.3, 0.4) is 0 Å². The van der Waals surface area contributed by atoms with E-state index in [9.17, 15) is 18.3 Å². The molecule has 2 aliphatic rings. The Hall–Kier alpha value is -3.00. The molecule has 42 heavy (non-hydrogen) atoms. The molecule has 1 fully saturated rings. The zero-order valence-electron chi connectivity index (χ0n) is 23.8. The first-order valence-electron chi connectivity index (χ1n) is 14.0. The van der Waals surface area contributed by atoms with Gasteiger partial charge in [-0.25, -0.2) is 8.42 Å². The highest BCUT2D eigenvalue weighted by atomic mass is 32.2. The van der Waals surface area contributed by atoms with Gasteiger partial charge in [0.25, 0.3) is 5.91 Å². The number of carbonyl (C=O) groups excluding carboxylic acids is 1. The van der Waals surface area contributed by atoms with Gasteiger partial charge < -0.3 is 29.1 Å². The van der Waals surface area contributed by atoms with E-state index in [-0.39, 0.29) is 48.8 Å². The molecule has 0 saturated carbocycles. The summed E-state index contributed by atoms with van der Waals surface area (Å²) in [5.41, 5.74) is 1.11. The first kappa shape index (κ1) is 30.5. The number of amides is 1. The van der Waals surface area contributed by atoms with Crippen molar-refractivity contribution >= 4 is 37.4 Å². The lowest BCUT2D eigenvalue weighted by molar-refractivity contribution is -0.153. The quantitative estimate of drug-likeness (QED) is 0.351. The number of thiophene rings is 1. The Balaban J connectivity index is 1.32. The first-order valence-corrected chi connectivity index (χ1v) is 16.3. The van der Waals surface area contributed by atoms with E-state index >= 15 is 0 Å². The third-order valence-electron chi connectivity index (χ3n) is 7.66. The number of carbonyl (C=O) groups is 1. The highest BCUT2D eigenvalue weighted by Gasteiger charge is 2.33. The van der Waals surface area contributed by atoms with Gasteiger partial charge in [0.05, 0.1) is 25.2 Å². The van der Waals surface area contributed by atoms with Crippen LogP contribution < -0.4 is 4.74 Å². The third-order valence-corrected chi connectivity index (χ3v) is 10.6. The Bertz CT molecular complexity index is 1500. The molecule has 2 atom stereocenters. The SMILES string of the molecule is COc1ccc(S(=O)(=O)N(CCO)CCO[C@@H]2C[C@H](c3csc4ccccc34)C=C(C(=O)N3CCN(C)CC3)O2)cc1. The maximum atomic E-state index is 13.5. The van der Waals surface area contributed by atoms with Crippen LogP contribution in [0.2, 0.25) is 0 Å². The zero-order valence-corrected chi connectivity index (χ0v) is 25.5. The van der Waals surface area contributed by atoms with Crippen LogP contribution in [0.1, 0.15) is 17.9 Å². The standard InChI is InChI=1S/C30H37N3O7S2/c1-31-11-13-32(14-12-31)30(35)27-19-22(26-21-41-28-6-4-3-5-25(26)28)20-29(40-27)39-18-16-33(15-17-34)42(36,37)24-9-7-23(38-2)8-10-24/h3-10,19,21-22,29,34H,11-18,20H2,1-2H3/t22-,29+/m1/s1. The Kier molecular flexibility index (Phi) is 9.81. The lowest BCUT2D eigenvalue weighted by atomic mass is 9.92. The number of hydrogen-bond acceptors (Lipinski definition) is 9. The molecule has 2 aliphatic heterocycles. The second kappa shape index (κ2) is 13.5. The zero-order chi connectivity index (χ0) is 29.7. The number of aliphatic hydroxyl groups excluding tert-OH is 1. The summed E-state index contributed by atoms with van der Waals surface area (Å²) in [4.78, 5) is 17.6. The normalized spacial score (nSPS) is 20.0. The molecular weight excluding hydrogens is 578 g/mol. The van der Waals surface area contributed by atoms with Gasteiger partial charge in [0.1, 0.15) is 5.75 Å². The van der Waals surface area contributed by atoms with Crippen LogP contribution in [0.5, 0.6) is 5.75 Å². The van der Waals surface area contributed by atoms with Crippen LogP contribution in [0.15, 0.2) is 70.6 Å². The van der Waals surface area contributed by atoms with E-state index in [0.717, 1.165) is 24.0 Å². The van der Waals surface area contributed by atoms with Gasteiger partial charge in [-0.05, 0) is 59.8 Å². The Morgan fingerprint density at radius 2 is 1.83 bits per heavy atom. The molecule has 5 rings (SSSR count). The van der Waals surface area contributed by atoms with Crippen molar-refractivity contribution in [2.45, 2.75) is 23.5 Å². The molecule has 1 aromatic heterocycles. The van der Waals surface area contributed by atoms with Gasteiger partial charge in [-0.2, -0.15) is 4.31 Å². The van der Waals surface area contributed by atoms with Crippen LogP contribution in [0.25, 0.3) is 10.1 Å². The summed E-state index contributed by atoms with van der Waals surface area (Å²) in [5, 5.41) is 12.9. The topological polar surface area (TPSA) is 109 Å². The molecule has 0 unspecified atom stereocenters. The van der Waals surface area contributed by atoms with Crippen molar-refractivity contribution in [1.29, 1.82) is 0 Å². The Labute approximate surface area is 250 Å². The first-order chi connectivity index (χ1) is 20.3. The molecule has 0 aliphatic carbocycles. The minimum atomic E-state index is -3.88. The third kappa shape index (κ3) is 6.80. The highest BCUT2D eigenvalue weighted by Crippen LogP contribution is 2.38. The average molecular weight is 616 g/mol. The van der Waals surface area contributed by atoms with Gasteiger partial charge in [0.2, 0.25) is 16.3 Å². The summed E-state index contributed by atoms with van der Waals surface area (Å²) >= 11 is 1.66. The maximum Gasteiger partial charge on any atom is 0.288 e. The van der Waals surface area contributed by atoms with E-state index in [2.05, 4.69) is 22.4 Å². The van der Waals surface area contributed by atoms with Crippen molar-refractivity contribution in [2.75, 3.05) is 66.6 Å². The predicted molar refractivity (Wildman–Crippen MR) is 161 cm³/mol.